The average Bonchev–Trinajstić information content (AvgIpc) is 2.64. The highest BCUT2D eigenvalue weighted by molar-refractivity contribution is 6.30. The Morgan fingerprint density at radius 3 is 2.31 bits per heavy atom. The van der Waals surface area contributed by atoms with Crippen LogP contribution < -0.4 is 4.74 Å². The van der Waals surface area contributed by atoms with Gasteiger partial charge in [0, 0.05) is 5.02 Å². The predicted octanol–water partition coefficient (Wildman–Crippen LogP) is 4.91. The van der Waals surface area contributed by atoms with Crippen LogP contribution in [0.5, 0.6) is 6.01 Å². The van der Waals surface area contributed by atoms with E-state index in [1.54, 1.807) is 12.1 Å². The number of rotatable bonds is 6. The number of benzene rings is 2. The Bertz CT molecular complexity index is 904. The van der Waals surface area contributed by atoms with E-state index in [2.05, 4.69) is 9.97 Å². The van der Waals surface area contributed by atoms with Crippen LogP contribution >= 0.6 is 11.6 Å². The van der Waals surface area contributed by atoms with E-state index in [1.807, 2.05) is 12.1 Å². The zero-order valence-corrected chi connectivity index (χ0v) is 14.3. The van der Waals surface area contributed by atoms with Gasteiger partial charge >= 0.3 is 6.01 Å². The lowest BCUT2D eigenvalue weighted by Gasteiger charge is -2.08. The van der Waals surface area contributed by atoms with Gasteiger partial charge in [0.15, 0.2) is 17.5 Å². The summed E-state index contributed by atoms with van der Waals surface area (Å²) in [6.45, 7) is -0.0561. The Morgan fingerprint density at radius 2 is 1.58 bits per heavy atom. The molecule has 0 aliphatic carbocycles. The first-order valence-electron chi connectivity index (χ1n) is 7.84. The molecule has 134 valence electrons. The molecule has 3 nitrogen and oxygen atoms in total. The van der Waals surface area contributed by atoms with Crippen molar-refractivity contribution in [3.05, 3.63) is 88.0 Å². The van der Waals surface area contributed by atoms with Crippen molar-refractivity contribution in [2.45, 2.75) is 19.4 Å². The van der Waals surface area contributed by atoms with E-state index in [9.17, 15) is 13.2 Å². The Labute approximate surface area is 153 Å². The molecule has 0 fully saturated rings. The SMILES string of the molecule is Fc1ccc(COc2ncc(F)c(CCc3ccc(Cl)cc3)n2)cc1F. The fourth-order valence-corrected chi connectivity index (χ4v) is 2.45. The first kappa shape index (κ1) is 18.2. The van der Waals surface area contributed by atoms with Crippen LogP contribution in [-0.4, -0.2) is 9.97 Å². The van der Waals surface area contributed by atoms with Gasteiger partial charge in [-0.15, -0.1) is 0 Å². The van der Waals surface area contributed by atoms with Crippen LogP contribution in [0.15, 0.2) is 48.7 Å². The fourth-order valence-electron chi connectivity index (χ4n) is 2.32. The van der Waals surface area contributed by atoms with E-state index >= 15 is 0 Å². The zero-order chi connectivity index (χ0) is 18.5. The van der Waals surface area contributed by atoms with Crippen molar-refractivity contribution in [2.75, 3.05) is 0 Å². The quantitative estimate of drug-likeness (QED) is 0.611. The molecule has 0 amide bonds. The van der Waals surface area contributed by atoms with Gasteiger partial charge in [-0.05, 0) is 48.2 Å². The van der Waals surface area contributed by atoms with Crippen LogP contribution in [0.2, 0.25) is 5.02 Å². The number of aryl methyl sites for hydroxylation is 2. The lowest BCUT2D eigenvalue weighted by Crippen LogP contribution is -2.05. The normalized spacial score (nSPS) is 10.8. The van der Waals surface area contributed by atoms with E-state index < -0.39 is 17.5 Å². The first-order chi connectivity index (χ1) is 12.5. The maximum Gasteiger partial charge on any atom is 0.317 e. The minimum absolute atomic E-state index is 0.0257. The summed E-state index contributed by atoms with van der Waals surface area (Å²) in [5, 5.41) is 0.634. The van der Waals surface area contributed by atoms with Crippen molar-refractivity contribution < 1.29 is 17.9 Å². The van der Waals surface area contributed by atoms with Crippen LogP contribution in [0.3, 0.4) is 0 Å². The summed E-state index contributed by atoms with van der Waals surface area (Å²) in [7, 11) is 0. The lowest BCUT2D eigenvalue weighted by molar-refractivity contribution is 0.277. The van der Waals surface area contributed by atoms with E-state index in [0.29, 0.717) is 23.4 Å². The smallest absolute Gasteiger partial charge is 0.317 e. The Hall–Kier alpha value is -2.60. The Kier molecular flexibility index (Phi) is 5.73. The molecule has 0 saturated carbocycles. The maximum atomic E-state index is 13.9. The molecular weight excluding hydrogens is 365 g/mol. The van der Waals surface area contributed by atoms with E-state index in [0.717, 1.165) is 23.9 Å². The van der Waals surface area contributed by atoms with Crippen molar-refractivity contribution in [3.63, 3.8) is 0 Å². The largest absolute Gasteiger partial charge is 0.459 e. The second-order valence-electron chi connectivity index (χ2n) is 5.61. The molecule has 0 bridgehead atoms. The van der Waals surface area contributed by atoms with Gasteiger partial charge in [-0.1, -0.05) is 29.8 Å². The number of ether oxygens (including phenoxy) is 1. The number of halogens is 4. The van der Waals surface area contributed by atoms with Crippen LogP contribution in [0, 0.1) is 17.5 Å². The van der Waals surface area contributed by atoms with Gasteiger partial charge in [0.1, 0.15) is 6.61 Å². The van der Waals surface area contributed by atoms with E-state index in [4.69, 9.17) is 16.3 Å². The minimum Gasteiger partial charge on any atom is -0.459 e. The van der Waals surface area contributed by atoms with Gasteiger partial charge in [-0.25, -0.2) is 18.2 Å². The molecule has 1 aromatic heterocycles. The van der Waals surface area contributed by atoms with E-state index in [-0.39, 0.29) is 18.3 Å². The second kappa shape index (κ2) is 8.19. The lowest BCUT2D eigenvalue weighted by atomic mass is 10.1. The predicted molar refractivity (Wildman–Crippen MR) is 91.5 cm³/mol. The highest BCUT2D eigenvalue weighted by Gasteiger charge is 2.10. The van der Waals surface area contributed by atoms with Crippen LogP contribution in [0.25, 0.3) is 0 Å². The molecule has 0 spiro atoms. The van der Waals surface area contributed by atoms with Crippen molar-refractivity contribution in [1.82, 2.24) is 9.97 Å². The topological polar surface area (TPSA) is 35.0 Å². The fraction of sp³-hybridized carbons (Fsp3) is 0.158. The van der Waals surface area contributed by atoms with Crippen LogP contribution in [-0.2, 0) is 19.4 Å². The highest BCUT2D eigenvalue weighted by Crippen LogP contribution is 2.16. The Balaban J connectivity index is 1.64. The molecular formula is C19H14ClF3N2O. The van der Waals surface area contributed by atoms with Crippen molar-refractivity contribution in [2.24, 2.45) is 0 Å². The summed E-state index contributed by atoms with van der Waals surface area (Å²) < 4.78 is 45.4. The summed E-state index contributed by atoms with van der Waals surface area (Å²) in [5.74, 6) is -2.43. The molecule has 26 heavy (non-hydrogen) atoms. The maximum absolute atomic E-state index is 13.9. The number of nitrogens with zero attached hydrogens (tertiary/aromatic N) is 2. The minimum atomic E-state index is -0.963. The molecule has 3 rings (SSSR count). The van der Waals surface area contributed by atoms with Gasteiger partial charge < -0.3 is 4.74 Å². The van der Waals surface area contributed by atoms with E-state index in [1.165, 1.54) is 6.07 Å². The van der Waals surface area contributed by atoms with Gasteiger partial charge in [0.2, 0.25) is 0 Å². The summed E-state index contributed by atoms with van der Waals surface area (Å²) in [4.78, 5) is 7.82. The van der Waals surface area contributed by atoms with Gasteiger partial charge in [0.05, 0.1) is 11.9 Å². The van der Waals surface area contributed by atoms with Crippen molar-refractivity contribution in [3.8, 4) is 6.01 Å². The summed E-state index contributed by atoms with van der Waals surface area (Å²) in [6, 6.07) is 10.7. The molecule has 0 aliphatic rings. The monoisotopic (exact) mass is 378 g/mol. The standard InChI is InChI=1S/C19H14ClF3N2O/c20-14-5-1-12(2-6-14)4-8-18-17(23)10-24-19(25-18)26-11-13-3-7-15(21)16(22)9-13/h1-3,5-7,9-10H,4,8,11H2. The van der Waals surface area contributed by atoms with Crippen molar-refractivity contribution in [1.29, 1.82) is 0 Å². The highest BCUT2D eigenvalue weighted by atomic mass is 35.5. The van der Waals surface area contributed by atoms with Gasteiger partial charge in [-0.3, -0.25) is 0 Å². The third kappa shape index (κ3) is 4.73. The van der Waals surface area contributed by atoms with Gasteiger partial charge in [-0.2, -0.15) is 4.98 Å². The molecule has 0 aliphatic heterocycles. The average molecular weight is 379 g/mol. The van der Waals surface area contributed by atoms with Gasteiger partial charge in [0.25, 0.3) is 0 Å². The molecule has 7 heteroatoms. The molecule has 1 heterocycles. The number of hydrogen-bond donors (Lipinski definition) is 0. The summed E-state index contributed by atoms with van der Waals surface area (Å²) in [6.07, 6.45) is 1.97. The second-order valence-corrected chi connectivity index (χ2v) is 6.05. The number of hydrogen-bond acceptors (Lipinski definition) is 3. The first-order valence-corrected chi connectivity index (χ1v) is 8.21. The third-order valence-corrected chi connectivity index (χ3v) is 3.96. The zero-order valence-electron chi connectivity index (χ0n) is 13.6. The summed E-state index contributed by atoms with van der Waals surface area (Å²) >= 11 is 5.84. The molecule has 0 atom stereocenters. The number of aromatic nitrogens is 2. The molecule has 3 aromatic rings. The van der Waals surface area contributed by atoms with Crippen LogP contribution in [0.1, 0.15) is 16.8 Å². The molecule has 0 N–H and O–H groups in total. The molecule has 0 unspecified atom stereocenters. The molecule has 0 radical (unpaired) electrons. The molecule has 0 saturated heterocycles. The summed E-state index contributed by atoms with van der Waals surface area (Å²) in [5.41, 5.74) is 1.63. The molecule has 2 aromatic carbocycles. The third-order valence-electron chi connectivity index (χ3n) is 3.71. The van der Waals surface area contributed by atoms with Crippen molar-refractivity contribution >= 4 is 11.6 Å². The van der Waals surface area contributed by atoms with Crippen LogP contribution in [0.4, 0.5) is 13.2 Å². The Morgan fingerprint density at radius 1 is 0.846 bits per heavy atom.